The minimum absolute atomic E-state index is 0.160. The van der Waals surface area contributed by atoms with Crippen molar-refractivity contribution >= 4 is 6.16 Å². The van der Waals surface area contributed by atoms with Gasteiger partial charge >= 0.3 is 6.16 Å². The van der Waals surface area contributed by atoms with Crippen LogP contribution in [0.15, 0.2) is 30.7 Å². The molecule has 142 valence electrons. The van der Waals surface area contributed by atoms with Crippen molar-refractivity contribution < 1.29 is 18.7 Å². The highest BCUT2D eigenvalue weighted by Crippen LogP contribution is 2.41. The molecule has 3 heterocycles. The first-order valence-corrected chi connectivity index (χ1v) is 9.21. The van der Waals surface area contributed by atoms with Crippen LogP contribution in [0, 0.1) is 5.82 Å². The molecule has 5 rings (SSSR count). The number of halogens is 1. The van der Waals surface area contributed by atoms with E-state index in [9.17, 15) is 9.18 Å². The Balaban J connectivity index is 1.67. The molecule has 28 heavy (non-hydrogen) atoms. The van der Waals surface area contributed by atoms with Crippen molar-refractivity contribution in [3.05, 3.63) is 53.6 Å². The summed E-state index contributed by atoms with van der Waals surface area (Å²) in [6, 6.07) is 4.54. The summed E-state index contributed by atoms with van der Waals surface area (Å²) in [7, 11) is 0. The smallest absolute Gasteiger partial charge is 0.434 e. The monoisotopic (exact) mass is 380 g/mol. The Labute approximate surface area is 160 Å². The number of imidazole rings is 1. The third kappa shape index (κ3) is 2.81. The number of ether oxygens (including phenoxy) is 2. The Bertz CT molecular complexity index is 1090. The molecule has 0 N–H and O–H groups in total. The zero-order valence-corrected chi connectivity index (χ0v) is 15.2. The van der Waals surface area contributed by atoms with Crippen LogP contribution < -0.4 is 4.74 Å². The highest BCUT2D eigenvalue weighted by Gasteiger charge is 2.30. The number of rotatable bonds is 3. The van der Waals surface area contributed by atoms with Crippen LogP contribution in [0.25, 0.3) is 16.9 Å². The van der Waals surface area contributed by atoms with E-state index in [2.05, 4.69) is 9.97 Å². The standard InChI is InChI=1S/C20H17FN4O3/c1-2-27-20(26)28-19-16-7-12-9-22-18(11-3-4-11)24-17(12)14-8-13(21)5-6-15(14)25(16)10-23-19/h5-6,8-11H,2-4,7H2,1H3. The number of fused-ring (bicyclic) bond motifs is 5. The molecular weight excluding hydrogens is 363 g/mol. The molecule has 1 aromatic carbocycles. The van der Waals surface area contributed by atoms with Gasteiger partial charge in [0.1, 0.15) is 18.0 Å². The van der Waals surface area contributed by atoms with Crippen molar-refractivity contribution in [2.75, 3.05) is 6.61 Å². The average Bonchev–Trinajstić information content (AvgIpc) is 3.47. The third-order valence-electron chi connectivity index (χ3n) is 4.93. The lowest BCUT2D eigenvalue weighted by atomic mass is 10.0. The summed E-state index contributed by atoms with van der Waals surface area (Å²) >= 11 is 0. The number of nitrogens with zero attached hydrogens (tertiary/aromatic N) is 4. The molecule has 2 aliphatic rings. The summed E-state index contributed by atoms with van der Waals surface area (Å²) in [4.78, 5) is 25.3. The fourth-order valence-electron chi connectivity index (χ4n) is 3.45. The van der Waals surface area contributed by atoms with Gasteiger partial charge in [0, 0.05) is 29.7 Å². The van der Waals surface area contributed by atoms with Crippen molar-refractivity contribution in [3.8, 4) is 22.8 Å². The third-order valence-corrected chi connectivity index (χ3v) is 4.93. The van der Waals surface area contributed by atoms with Crippen LogP contribution in [0.3, 0.4) is 0 Å². The Morgan fingerprint density at radius 1 is 1.32 bits per heavy atom. The van der Waals surface area contributed by atoms with Crippen molar-refractivity contribution in [1.82, 2.24) is 19.5 Å². The molecule has 1 aliphatic heterocycles. The van der Waals surface area contributed by atoms with Crippen molar-refractivity contribution in [3.63, 3.8) is 0 Å². The fraction of sp³-hybridized carbons (Fsp3) is 0.300. The predicted octanol–water partition coefficient (Wildman–Crippen LogP) is 3.79. The molecule has 0 radical (unpaired) electrons. The van der Waals surface area contributed by atoms with Crippen LogP contribution in [0.1, 0.15) is 42.8 Å². The first-order chi connectivity index (χ1) is 13.6. The van der Waals surface area contributed by atoms with Gasteiger partial charge in [0.15, 0.2) is 0 Å². The SMILES string of the molecule is CCOC(=O)Oc1ncn2c1Cc1cnc(C3CC3)nc1-c1cc(F)ccc1-2. The van der Waals surface area contributed by atoms with Gasteiger partial charge < -0.3 is 9.47 Å². The molecular formula is C20H17FN4O3. The molecule has 0 amide bonds. The zero-order chi connectivity index (χ0) is 19.3. The molecule has 8 heteroatoms. The van der Waals surface area contributed by atoms with Crippen LogP contribution in [0.4, 0.5) is 9.18 Å². The minimum atomic E-state index is -0.812. The Kier molecular flexibility index (Phi) is 3.85. The van der Waals surface area contributed by atoms with E-state index in [-0.39, 0.29) is 18.3 Å². The van der Waals surface area contributed by atoms with E-state index in [1.54, 1.807) is 30.1 Å². The van der Waals surface area contributed by atoms with E-state index in [1.165, 1.54) is 12.1 Å². The second kappa shape index (κ2) is 6.40. The lowest BCUT2D eigenvalue weighted by molar-refractivity contribution is 0.102. The summed E-state index contributed by atoms with van der Waals surface area (Å²) in [5.74, 6) is 0.992. The second-order valence-corrected chi connectivity index (χ2v) is 6.87. The van der Waals surface area contributed by atoms with E-state index in [0.717, 1.165) is 29.9 Å². The Morgan fingerprint density at radius 2 is 2.18 bits per heavy atom. The van der Waals surface area contributed by atoms with E-state index >= 15 is 0 Å². The summed E-state index contributed by atoms with van der Waals surface area (Å²) in [6.45, 7) is 1.91. The first-order valence-electron chi connectivity index (χ1n) is 9.21. The second-order valence-electron chi connectivity index (χ2n) is 6.87. The molecule has 0 spiro atoms. The number of carbonyl (C=O) groups is 1. The molecule has 0 saturated heterocycles. The van der Waals surface area contributed by atoms with Crippen LogP contribution in [-0.4, -0.2) is 32.3 Å². The van der Waals surface area contributed by atoms with Gasteiger partial charge in [-0.25, -0.2) is 24.1 Å². The molecule has 1 aliphatic carbocycles. The average molecular weight is 380 g/mol. The normalized spacial score (nSPS) is 14.5. The maximum Gasteiger partial charge on any atom is 0.515 e. The quantitative estimate of drug-likeness (QED) is 0.503. The van der Waals surface area contributed by atoms with Gasteiger partial charge in [-0.1, -0.05) is 0 Å². The maximum atomic E-state index is 14.1. The van der Waals surface area contributed by atoms with Gasteiger partial charge in [-0.2, -0.15) is 0 Å². The summed E-state index contributed by atoms with van der Waals surface area (Å²) in [5, 5.41) is 0. The molecule has 2 aromatic heterocycles. The molecule has 3 aromatic rings. The molecule has 7 nitrogen and oxygen atoms in total. The van der Waals surface area contributed by atoms with Crippen molar-refractivity contribution in [1.29, 1.82) is 0 Å². The number of hydrogen-bond donors (Lipinski definition) is 0. The van der Waals surface area contributed by atoms with Gasteiger partial charge in [0.2, 0.25) is 5.88 Å². The van der Waals surface area contributed by atoms with Gasteiger partial charge in [0.05, 0.1) is 23.7 Å². The van der Waals surface area contributed by atoms with E-state index in [4.69, 9.17) is 14.5 Å². The molecule has 0 atom stereocenters. The van der Waals surface area contributed by atoms with Crippen molar-refractivity contribution in [2.45, 2.75) is 32.1 Å². The van der Waals surface area contributed by atoms with Crippen LogP contribution in [0.5, 0.6) is 5.88 Å². The van der Waals surface area contributed by atoms with Gasteiger partial charge in [-0.05, 0) is 38.0 Å². The fourth-order valence-corrected chi connectivity index (χ4v) is 3.45. The zero-order valence-electron chi connectivity index (χ0n) is 15.2. The number of benzene rings is 1. The van der Waals surface area contributed by atoms with E-state index < -0.39 is 6.16 Å². The lowest BCUT2D eigenvalue weighted by Crippen LogP contribution is -2.12. The largest absolute Gasteiger partial charge is 0.515 e. The first kappa shape index (κ1) is 16.9. The van der Waals surface area contributed by atoms with E-state index in [0.29, 0.717) is 29.3 Å². The van der Waals surface area contributed by atoms with Gasteiger partial charge in [0.25, 0.3) is 0 Å². The van der Waals surface area contributed by atoms with Crippen molar-refractivity contribution in [2.24, 2.45) is 0 Å². The number of carbonyl (C=O) groups excluding carboxylic acids is 1. The summed E-state index contributed by atoms with van der Waals surface area (Å²) < 4.78 is 26.0. The number of aromatic nitrogens is 4. The van der Waals surface area contributed by atoms with Crippen LogP contribution in [0.2, 0.25) is 0 Å². The highest BCUT2D eigenvalue weighted by molar-refractivity contribution is 5.75. The predicted molar refractivity (Wildman–Crippen MR) is 97.0 cm³/mol. The topological polar surface area (TPSA) is 79.1 Å². The summed E-state index contributed by atoms with van der Waals surface area (Å²) in [6.07, 6.45) is 5.08. The lowest BCUT2D eigenvalue weighted by Gasteiger charge is -2.10. The summed E-state index contributed by atoms with van der Waals surface area (Å²) in [5.41, 5.74) is 3.57. The highest BCUT2D eigenvalue weighted by atomic mass is 19.1. The molecule has 0 unspecified atom stereocenters. The molecule has 0 bridgehead atoms. The molecule has 1 saturated carbocycles. The Morgan fingerprint density at radius 3 is 2.96 bits per heavy atom. The Hall–Kier alpha value is -3.29. The van der Waals surface area contributed by atoms with Crippen LogP contribution >= 0.6 is 0 Å². The van der Waals surface area contributed by atoms with Crippen LogP contribution in [-0.2, 0) is 11.2 Å². The maximum absolute atomic E-state index is 14.1. The molecule has 1 fully saturated rings. The van der Waals surface area contributed by atoms with Gasteiger partial charge in [-0.3, -0.25) is 4.57 Å². The van der Waals surface area contributed by atoms with Gasteiger partial charge in [-0.15, -0.1) is 0 Å². The number of hydrogen-bond acceptors (Lipinski definition) is 6. The minimum Gasteiger partial charge on any atom is -0.434 e. The van der Waals surface area contributed by atoms with E-state index in [1.807, 2.05) is 0 Å².